The van der Waals surface area contributed by atoms with E-state index in [1.165, 1.54) is 12.8 Å². The predicted molar refractivity (Wildman–Crippen MR) is 101 cm³/mol. The van der Waals surface area contributed by atoms with Crippen LogP contribution in [-0.2, 0) is 0 Å². The maximum atomic E-state index is 9.78. The van der Waals surface area contributed by atoms with Crippen molar-refractivity contribution in [3.63, 3.8) is 0 Å². The number of allylic oxidation sites excluding steroid dienone is 3. The molecule has 3 heteroatoms. The molecule has 0 bridgehead atoms. The van der Waals surface area contributed by atoms with Gasteiger partial charge in [0.2, 0.25) is 0 Å². The van der Waals surface area contributed by atoms with Gasteiger partial charge in [-0.1, -0.05) is 44.1 Å². The van der Waals surface area contributed by atoms with E-state index in [2.05, 4.69) is 32.1 Å². The molecule has 1 aliphatic carbocycles. The van der Waals surface area contributed by atoms with Crippen molar-refractivity contribution in [3.8, 4) is 0 Å². The van der Waals surface area contributed by atoms with Gasteiger partial charge in [0, 0.05) is 0 Å². The van der Waals surface area contributed by atoms with Crippen LogP contribution < -0.4 is 0 Å². The van der Waals surface area contributed by atoms with Crippen molar-refractivity contribution in [1.29, 1.82) is 0 Å². The first-order valence-corrected chi connectivity index (χ1v) is 9.50. The van der Waals surface area contributed by atoms with E-state index >= 15 is 0 Å². The molecule has 0 spiro atoms. The fourth-order valence-electron chi connectivity index (χ4n) is 3.43. The maximum Gasteiger partial charge on any atom is 0.0602 e. The summed E-state index contributed by atoms with van der Waals surface area (Å²) >= 11 is 0. The van der Waals surface area contributed by atoms with Crippen LogP contribution in [-0.4, -0.2) is 33.1 Å². The van der Waals surface area contributed by atoms with Gasteiger partial charge < -0.3 is 15.3 Å². The molecule has 0 heterocycles. The molecule has 0 aliphatic heterocycles. The standard InChI is InChI=1S/C21H38O3/c1-20(2,12-9-13-21(3,4)24)11-8-6-5-7-10-17-14-18(22)16-19(23)15-17/h5,7,10,18-19,22-24H,6,8-9,11-16H2,1-4H3/t18-,19-/m1/s1. The third-order valence-electron chi connectivity index (χ3n) is 4.87. The molecule has 0 saturated heterocycles. The van der Waals surface area contributed by atoms with Crippen molar-refractivity contribution in [2.45, 2.75) is 103 Å². The Bertz CT molecular complexity index is 403. The quantitative estimate of drug-likeness (QED) is 0.542. The van der Waals surface area contributed by atoms with Crippen molar-refractivity contribution in [1.82, 2.24) is 0 Å². The molecule has 1 aliphatic rings. The first kappa shape index (κ1) is 21.4. The summed E-state index contributed by atoms with van der Waals surface area (Å²) in [5.74, 6) is 0. The second-order valence-electron chi connectivity index (χ2n) is 8.93. The maximum absolute atomic E-state index is 9.78. The van der Waals surface area contributed by atoms with Gasteiger partial charge in [0.25, 0.3) is 0 Å². The molecule has 2 atom stereocenters. The van der Waals surface area contributed by atoms with E-state index in [0.717, 1.165) is 31.3 Å². The lowest BCUT2D eigenvalue weighted by molar-refractivity contribution is 0.0608. The topological polar surface area (TPSA) is 60.7 Å². The van der Waals surface area contributed by atoms with Crippen molar-refractivity contribution in [2.24, 2.45) is 5.41 Å². The van der Waals surface area contributed by atoms with Crippen LogP contribution >= 0.6 is 0 Å². The lowest BCUT2D eigenvalue weighted by Crippen LogP contribution is -2.24. The van der Waals surface area contributed by atoms with E-state index in [1.54, 1.807) is 0 Å². The van der Waals surface area contributed by atoms with E-state index < -0.39 is 17.8 Å². The fraction of sp³-hybridized carbons (Fsp3) is 0.810. The van der Waals surface area contributed by atoms with E-state index in [-0.39, 0.29) is 0 Å². The summed E-state index contributed by atoms with van der Waals surface area (Å²) in [6.45, 7) is 8.38. The third-order valence-corrected chi connectivity index (χ3v) is 4.87. The largest absolute Gasteiger partial charge is 0.393 e. The fourth-order valence-corrected chi connectivity index (χ4v) is 3.43. The highest BCUT2D eigenvalue weighted by Gasteiger charge is 2.21. The number of aliphatic hydroxyl groups excluding tert-OH is 2. The molecule has 0 unspecified atom stereocenters. The van der Waals surface area contributed by atoms with Crippen molar-refractivity contribution in [3.05, 3.63) is 23.8 Å². The van der Waals surface area contributed by atoms with Crippen LogP contribution in [0.2, 0.25) is 0 Å². The van der Waals surface area contributed by atoms with Crippen molar-refractivity contribution < 1.29 is 15.3 Å². The van der Waals surface area contributed by atoms with Gasteiger partial charge in [-0.15, -0.1) is 0 Å². The van der Waals surface area contributed by atoms with Crippen LogP contribution in [0, 0.1) is 5.41 Å². The summed E-state index contributed by atoms with van der Waals surface area (Å²) < 4.78 is 0. The van der Waals surface area contributed by atoms with Crippen LogP contribution in [0.15, 0.2) is 23.8 Å². The molecule has 1 saturated carbocycles. The minimum atomic E-state index is -0.549. The van der Waals surface area contributed by atoms with Gasteiger partial charge in [-0.25, -0.2) is 0 Å². The van der Waals surface area contributed by atoms with E-state index in [9.17, 15) is 15.3 Å². The molecular weight excluding hydrogens is 300 g/mol. The normalized spacial score (nSPS) is 23.0. The zero-order valence-electron chi connectivity index (χ0n) is 16.1. The van der Waals surface area contributed by atoms with Gasteiger partial charge in [0.15, 0.2) is 0 Å². The van der Waals surface area contributed by atoms with Crippen LogP contribution in [0.3, 0.4) is 0 Å². The molecule has 0 aromatic carbocycles. The Balaban J connectivity index is 2.22. The lowest BCUT2D eigenvalue weighted by Gasteiger charge is -2.26. The average Bonchev–Trinajstić information content (AvgIpc) is 2.39. The monoisotopic (exact) mass is 338 g/mol. The zero-order valence-corrected chi connectivity index (χ0v) is 16.1. The van der Waals surface area contributed by atoms with Gasteiger partial charge in [-0.05, 0) is 70.6 Å². The molecule has 140 valence electrons. The summed E-state index contributed by atoms with van der Waals surface area (Å²) in [6.07, 6.45) is 13.9. The average molecular weight is 339 g/mol. The molecule has 0 radical (unpaired) electrons. The number of hydrogen-bond acceptors (Lipinski definition) is 3. The molecule has 0 aromatic rings. The van der Waals surface area contributed by atoms with Crippen LogP contribution in [0.4, 0.5) is 0 Å². The number of rotatable bonds is 9. The lowest BCUT2D eigenvalue weighted by atomic mass is 9.81. The summed E-state index contributed by atoms with van der Waals surface area (Å²) in [5, 5.41) is 29.1. The smallest absolute Gasteiger partial charge is 0.0602 e. The highest BCUT2D eigenvalue weighted by Crippen LogP contribution is 2.31. The molecule has 0 aromatic heterocycles. The van der Waals surface area contributed by atoms with Gasteiger partial charge in [-0.3, -0.25) is 0 Å². The van der Waals surface area contributed by atoms with E-state index in [4.69, 9.17) is 0 Å². The van der Waals surface area contributed by atoms with Gasteiger partial charge in [0.05, 0.1) is 17.8 Å². The van der Waals surface area contributed by atoms with Crippen LogP contribution in [0.1, 0.15) is 85.5 Å². The summed E-state index contributed by atoms with van der Waals surface area (Å²) in [4.78, 5) is 0. The van der Waals surface area contributed by atoms with Crippen molar-refractivity contribution in [2.75, 3.05) is 0 Å². The van der Waals surface area contributed by atoms with E-state index in [1.807, 2.05) is 13.8 Å². The first-order valence-electron chi connectivity index (χ1n) is 9.50. The van der Waals surface area contributed by atoms with Crippen LogP contribution in [0.25, 0.3) is 0 Å². The first-order chi connectivity index (χ1) is 11.1. The molecule has 3 N–H and O–H groups in total. The number of unbranched alkanes of at least 4 members (excludes halogenated alkanes) is 1. The number of hydrogen-bond donors (Lipinski definition) is 3. The SMILES string of the molecule is CC(C)(O)CCCC(C)(C)CCCC=CC=C1C[C@@H](O)C[C@H](O)C1. The minimum Gasteiger partial charge on any atom is -0.393 e. The van der Waals surface area contributed by atoms with E-state index in [0.29, 0.717) is 24.7 Å². The second-order valence-corrected chi connectivity index (χ2v) is 8.93. The van der Waals surface area contributed by atoms with Gasteiger partial charge in [0.1, 0.15) is 0 Å². The Labute approximate surface area is 148 Å². The number of aliphatic hydroxyl groups is 3. The summed E-state index contributed by atoms with van der Waals surface area (Å²) in [5.41, 5.74) is 0.923. The summed E-state index contributed by atoms with van der Waals surface area (Å²) in [6, 6.07) is 0. The molecule has 1 fully saturated rings. The van der Waals surface area contributed by atoms with Crippen LogP contribution in [0.5, 0.6) is 0 Å². The highest BCUT2D eigenvalue weighted by molar-refractivity contribution is 5.16. The zero-order chi connectivity index (χ0) is 18.2. The minimum absolute atomic E-state index is 0.329. The Morgan fingerprint density at radius 3 is 2.12 bits per heavy atom. The molecule has 24 heavy (non-hydrogen) atoms. The highest BCUT2D eigenvalue weighted by atomic mass is 16.3. The van der Waals surface area contributed by atoms with Crippen molar-refractivity contribution >= 4 is 0 Å². The second kappa shape index (κ2) is 9.74. The third kappa shape index (κ3) is 10.3. The molecule has 3 nitrogen and oxygen atoms in total. The Morgan fingerprint density at radius 1 is 0.958 bits per heavy atom. The van der Waals surface area contributed by atoms with Gasteiger partial charge >= 0.3 is 0 Å². The molecule has 1 rings (SSSR count). The van der Waals surface area contributed by atoms with Gasteiger partial charge in [-0.2, -0.15) is 0 Å². The molecule has 0 amide bonds. The Kier molecular flexibility index (Phi) is 8.69. The Hall–Kier alpha value is -0.640. The summed E-state index contributed by atoms with van der Waals surface area (Å²) in [7, 11) is 0. The molecular formula is C21H38O3. The predicted octanol–water partition coefficient (Wildman–Crippen LogP) is 4.51. The Morgan fingerprint density at radius 2 is 1.54 bits per heavy atom.